The van der Waals surface area contributed by atoms with Crippen LogP contribution in [0.15, 0.2) is 0 Å². The van der Waals surface area contributed by atoms with Crippen LogP contribution in [-0.4, -0.2) is 44.2 Å². The second-order valence-electron chi connectivity index (χ2n) is 3.21. The molecule has 4 nitrogen and oxygen atoms in total. The molecule has 0 aromatic rings. The van der Waals surface area contributed by atoms with Gasteiger partial charge in [0.15, 0.2) is 0 Å². The van der Waals surface area contributed by atoms with Gasteiger partial charge in [-0.05, 0) is 26.3 Å². The smallest absolute Gasteiger partial charge is 0.222 e. The van der Waals surface area contributed by atoms with E-state index in [-0.39, 0.29) is 5.91 Å². The molecular formula is C10H22N2O2. The number of ether oxygens (including phenoxy) is 1. The number of methoxy groups -OCH3 is 1. The molecule has 0 heterocycles. The Labute approximate surface area is 86.4 Å². The van der Waals surface area contributed by atoms with Crippen LogP contribution in [0.1, 0.15) is 26.2 Å². The number of hydrogen-bond acceptors (Lipinski definition) is 3. The molecule has 0 aromatic heterocycles. The van der Waals surface area contributed by atoms with E-state index in [4.69, 9.17) is 10.5 Å². The van der Waals surface area contributed by atoms with E-state index in [0.29, 0.717) is 19.6 Å². The van der Waals surface area contributed by atoms with Crippen LogP contribution in [0.3, 0.4) is 0 Å². The fraction of sp³-hybridized carbons (Fsp3) is 0.900. The summed E-state index contributed by atoms with van der Waals surface area (Å²) in [6, 6.07) is 0. The number of nitrogens with zero attached hydrogens (tertiary/aromatic N) is 1. The van der Waals surface area contributed by atoms with E-state index in [2.05, 4.69) is 0 Å². The van der Waals surface area contributed by atoms with Gasteiger partial charge in [-0.25, -0.2) is 0 Å². The number of nitrogens with two attached hydrogens (primary N) is 1. The summed E-state index contributed by atoms with van der Waals surface area (Å²) in [5.41, 5.74) is 5.40. The lowest BCUT2D eigenvalue weighted by molar-refractivity contribution is -0.131. The molecule has 14 heavy (non-hydrogen) atoms. The zero-order chi connectivity index (χ0) is 10.8. The van der Waals surface area contributed by atoms with Gasteiger partial charge < -0.3 is 15.4 Å². The van der Waals surface area contributed by atoms with Gasteiger partial charge >= 0.3 is 0 Å². The molecule has 0 aliphatic heterocycles. The van der Waals surface area contributed by atoms with Gasteiger partial charge in [0.25, 0.3) is 0 Å². The highest BCUT2D eigenvalue weighted by molar-refractivity contribution is 5.76. The molecule has 1 amide bonds. The highest BCUT2D eigenvalue weighted by atomic mass is 16.5. The minimum Gasteiger partial charge on any atom is -0.385 e. The van der Waals surface area contributed by atoms with Crippen LogP contribution < -0.4 is 5.73 Å². The van der Waals surface area contributed by atoms with Gasteiger partial charge in [-0.1, -0.05) is 0 Å². The Hall–Kier alpha value is -0.610. The average Bonchev–Trinajstić information content (AvgIpc) is 2.19. The molecule has 0 bridgehead atoms. The number of hydrogen-bond donors (Lipinski definition) is 1. The Morgan fingerprint density at radius 3 is 2.64 bits per heavy atom. The molecule has 0 aliphatic carbocycles. The minimum atomic E-state index is 0.206. The van der Waals surface area contributed by atoms with Crippen LogP contribution in [0.2, 0.25) is 0 Å². The lowest BCUT2D eigenvalue weighted by Crippen LogP contribution is -2.32. The Morgan fingerprint density at radius 1 is 1.43 bits per heavy atom. The van der Waals surface area contributed by atoms with Gasteiger partial charge in [-0.15, -0.1) is 0 Å². The van der Waals surface area contributed by atoms with Crippen molar-refractivity contribution < 1.29 is 9.53 Å². The first kappa shape index (κ1) is 13.4. The molecule has 0 aromatic carbocycles. The van der Waals surface area contributed by atoms with Crippen LogP contribution >= 0.6 is 0 Å². The summed E-state index contributed by atoms with van der Waals surface area (Å²) in [4.78, 5) is 13.4. The maximum Gasteiger partial charge on any atom is 0.222 e. The normalized spacial score (nSPS) is 10.2. The molecule has 0 rings (SSSR count). The zero-order valence-electron chi connectivity index (χ0n) is 9.29. The fourth-order valence-electron chi connectivity index (χ4n) is 1.27. The van der Waals surface area contributed by atoms with Crippen LogP contribution in [0, 0.1) is 0 Å². The van der Waals surface area contributed by atoms with Gasteiger partial charge in [-0.2, -0.15) is 0 Å². The highest BCUT2D eigenvalue weighted by Gasteiger charge is 2.09. The molecule has 0 radical (unpaired) electrons. The average molecular weight is 202 g/mol. The highest BCUT2D eigenvalue weighted by Crippen LogP contribution is 1.99. The van der Waals surface area contributed by atoms with Gasteiger partial charge in [0, 0.05) is 33.2 Å². The summed E-state index contributed by atoms with van der Waals surface area (Å²) < 4.78 is 4.90. The van der Waals surface area contributed by atoms with Gasteiger partial charge in [0.05, 0.1) is 0 Å². The second-order valence-corrected chi connectivity index (χ2v) is 3.21. The maximum absolute atomic E-state index is 11.6. The van der Waals surface area contributed by atoms with Gasteiger partial charge in [0.2, 0.25) is 5.91 Å². The number of carbonyl (C=O) groups excluding carboxylic acids is 1. The first-order chi connectivity index (χ1) is 6.76. The zero-order valence-corrected chi connectivity index (χ0v) is 9.29. The van der Waals surface area contributed by atoms with Crippen molar-refractivity contribution in [3.63, 3.8) is 0 Å². The van der Waals surface area contributed by atoms with E-state index in [1.165, 1.54) is 0 Å². The summed E-state index contributed by atoms with van der Waals surface area (Å²) in [7, 11) is 1.65. The maximum atomic E-state index is 11.6. The third kappa shape index (κ3) is 5.94. The predicted molar refractivity (Wildman–Crippen MR) is 57.0 cm³/mol. The van der Waals surface area contributed by atoms with Crippen molar-refractivity contribution in [2.45, 2.75) is 26.2 Å². The number of carbonyl (C=O) groups is 1. The summed E-state index contributed by atoms with van der Waals surface area (Å²) in [5, 5.41) is 0. The number of rotatable bonds is 8. The van der Waals surface area contributed by atoms with Crippen LogP contribution in [0.25, 0.3) is 0 Å². The van der Waals surface area contributed by atoms with Crippen LogP contribution in [-0.2, 0) is 9.53 Å². The summed E-state index contributed by atoms with van der Waals surface area (Å²) >= 11 is 0. The topological polar surface area (TPSA) is 55.6 Å². The third-order valence-electron chi connectivity index (χ3n) is 2.11. The molecule has 0 unspecified atom stereocenters. The van der Waals surface area contributed by atoms with Gasteiger partial charge in [-0.3, -0.25) is 4.79 Å². The molecule has 0 aliphatic rings. The lowest BCUT2D eigenvalue weighted by Gasteiger charge is -2.20. The predicted octanol–water partition coefficient (Wildman–Crippen LogP) is 0.610. The molecule has 4 heteroatoms. The summed E-state index contributed by atoms with van der Waals surface area (Å²) in [6.07, 6.45) is 2.25. The number of amides is 1. The van der Waals surface area contributed by atoms with Crippen molar-refractivity contribution >= 4 is 5.91 Å². The van der Waals surface area contributed by atoms with E-state index >= 15 is 0 Å². The quantitative estimate of drug-likeness (QED) is 0.587. The monoisotopic (exact) mass is 202 g/mol. The van der Waals surface area contributed by atoms with E-state index in [0.717, 1.165) is 25.9 Å². The van der Waals surface area contributed by atoms with E-state index in [1.807, 2.05) is 11.8 Å². The fourth-order valence-corrected chi connectivity index (χ4v) is 1.27. The largest absolute Gasteiger partial charge is 0.385 e. The minimum absolute atomic E-state index is 0.206. The van der Waals surface area contributed by atoms with E-state index in [1.54, 1.807) is 7.11 Å². The van der Waals surface area contributed by atoms with E-state index in [9.17, 15) is 4.79 Å². The molecule has 0 saturated heterocycles. The standard InChI is InChI=1S/C10H22N2O2/c1-3-12(8-5-7-11)10(13)6-4-9-14-2/h3-9,11H2,1-2H3. The third-order valence-corrected chi connectivity index (χ3v) is 2.11. The van der Waals surface area contributed by atoms with E-state index < -0.39 is 0 Å². The second kappa shape index (κ2) is 8.97. The lowest BCUT2D eigenvalue weighted by atomic mass is 10.2. The Bertz CT molecular complexity index is 151. The first-order valence-electron chi connectivity index (χ1n) is 5.23. The SMILES string of the molecule is CCN(CCCN)C(=O)CCCOC. The van der Waals surface area contributed by atoms with Crippen molar-refractivity contribution in [3.8, 4) is 0 Å². The molecular weight excluding hydrogens is 180 g/mol. The van der Waals surface area contributed by atoms with Crippen molar-refractivity contribution in [2.75, 3.05) is 33.4 Å². The molecule has 0 atom stereocenters. The Kier molecular flexibility index (Phi) is 8.57. The molecule has 84 valence electrons. The van der Waals surface area contributed by atoms with Crippen molar-refractivity contribution in [1.82, 2.24) is 4.90 Å². The first-order valence-corrected chi connectivity index (χ1v) is 5.23. The Balaban J connectivity index is 3.67. The van der Waals surface area contributed by atoms with Gasteiger partial charge in [0.1, 0.15) is 0 Å². The molecule has 0 spiro atoms. The molecule has 0 saturated carbocycles. The van der Waals surface area contributed by atoms with Crippen LogP contribution in [0.4, 0.5) is 0 Å². The van der Waals surface area contributed by atoms with Crippen LogP contribution in [0.5, 0.6) is 0 Å². The van der Waals surface area contributed by atoms with Crippen molar-refractivity contribution in [3.05, 3.63) is 0 Å². The molecule has 0 fully saturated rings. The van der Waals surface area contributed by atoms with Crippen molar-refractivity contribution in [2.24, 2.45) is 5.73 Å². The molecule has 2 N–H and O–H groups in total. The van der Waals surface area contributed by atoms with Crippen molar-refractivity contribution in [1.29, 1.82) is 0 Å². The Morgan fingerprint density at radius 2 is 2.14 bits per heavy atom. The summed E-state index contributed by atoms with van der Waals surface area (Å²) in [6.45, 7) is 4.83. The summed E-state index contributed by atoms with van der Waals surface area (Å²) in [5.74, 6) is 0.206.